The van der Waals surface area contributed by atoms with Crippen LogP contribution in [0.5, 0.6) is 0 Å². The zero-order chi connectivity index (χ0) is 14.0. The molecule has 0 spiro atoms. The predicted molar refractivity (Wildman–Crippen MR) is 75.4 cm³/mol. The van der Waals surface area contributed by atoms with Gasteiger partial charge in [-0.15, -0.1) is 0 Å². The summed E-state index contributed by atoms with van der Waals surface area (Å²) in [6, 6.07) is 0. The number of ketones is 1. The van der Waals surface area contributed by atoms with Gasteiger partial charge in [-0.2, -0.15) is 0 Å². The molecule has 0 aromatic rings. The fourth-order valence-electron chi connectivity index (χ4n) is 5.98. The van der Waals surface area contributed by atoms with Crippen LogP contribution >= 0.6 is 0 Å². The number of methoxy groups -OCH3 is 2. The van der Waals surface area contributed by atoms with Crippen LogP contribution in [0.2, 0.25) is 0 Å². The van der Waals surface area contributed by atoms with Crippen molar-refractivity contribution in [2.45, 2.75) is 62.6 Å². The fraction of sp³-hybridized carbons (Fsp3) is 0.941. The lowest BCUT2D eigenvalue weighted by molar-refractivity contribution is -0.186. The molecule has 0 radical (unpaired) electrons. The first-order valence-corrected chi connectivity index (χ1v) is 8.28. The van der Waals surface area contributed by atoms with Crippen LogP contribution in [0.4, 0.5) is 0 Å². The van der Waals surface area contributed by atoms with Gasteiger partial charge in [-0.05, 0) is 43.9 Å². The van der Waals surface area contributed by atoms with Crippen molar-refractivity contribution in [3.63, 3.8) is 0 Å². The van der Waals surface area contributed by atoms with Crippen molar-refractivity contribution in [1.82, 2.24) is 0 Å². The van der Waals surface area contributed by atoms with Gasteiger partial charge in [0.25, 0.3) is 0 Å². The summed E-state index contributed by atoms with van der Waals surface area (Å²) in [6.45, 7) is 0. The van der Waals surface area contributed by atoms with Crippen molar-refractivity contribution in [2.24, 2.45) is 23.7 Å². The molecule has 4 saturated carbocycles. The van der Waals surface area contributed by atoms with E-state index in [4.69, 9.17) is 9.47 Å². The minimum Gasteiger partial charge on any atom is -0.378 e. The summed E-state index contributed by atoms with van der Waals surface area (Å²) in [7, 11) is 3.69. The first-order chi connectivity index (χ1) is 9.65. The van der Waals surface area contributed by atoms with Crippen LogP contribution < -0.4 is 0 Å². The van der Waals surface area contributed by atoms with Crippen LogP contribution in [0.25, 0.3) is 0 Å². The second-order valence-electron chi connectivity index (χ2n) is 7.61. The van der Waals surface area contributed by atoms with E-state index in [2.05, 4.69) is 0 Å². The molecule has 6 atom stereocenters. The average molecular weight is 278 g/mol. The molecule has 3 nitrogen and oxygen atoms in total. The van der Waals surface area contributed by atoms with Gasteiger partial charge in [0.05, 0.1) is 11.2 Å². The van der Waals surface area contributed by atoms with Crippen LogP contribution in [-0.4, -0.2) is 31.2 Å². The SMILES string of the molecule is CO[C@@]12CCCC[C@@H]1[C@]1(OC)C[C@@H](C[C@H]3C[C@H]31)C(=O)C2. The molecule has 0 unspecified atom stereocenters. The van der Waals surface area contributed by atoms with E-state index in [9.17, 15) is 4.79 Å². The Morgan fingerprint density at radius 3 is 2.75 bits per heavy atom. The Bertz CT molecular complexity index is 434. The summed E-state index contributed by atoms with van der Waals surface area (Å²) in [5.74, 6) is 2.53. The van der Waals surface area contributed by atoms with Gasteiger partial charge in [0.2, 0.25) is 0 Å². The van der Waals surface area contributed by atoms with Gasteiger partial charge in [-0.1, -0.05) is 12.8 Å². The molecule has 3 heteroatoms. The van der Waals surface area contributed by atoms with E-state index in [1.54, 1.807) is 0 Å². The van der Waals surface area contributed by atoms with E-state index in [-0.39, 0.29) is 17.1 Å². The van der Waals surface area contributed by atoms with Crippen LogP contribution in [0.3, 0.4) is 0 Å². The van der Waals surface area contributed by atoms with Crippen molar-refractivity contribution in [3.8, 4) is 0 Å². The predicted octanol–water partition coefficient (Wildman–Crippen LogP) is 2.97. The number of Topliss-reactive ketones (excluding diaryl/α,β-unsaturated/α-hetero) is 1. The number of carbonyl (C=O) groups is 1. The summed E-state index contributed by atoms with van der Waals surface area (Å²) in [6.07, 6.45) is 8.63. The van der Waals surface area contributed by atoms with E-state index in [1.165, 1.54) is 25.7 Å². The lowest BCUT2D eigenvalue weighted by atomic mass is 9.63. The van der Waals surface area contributed by atoms with Gasteiger partial charge in [0.1, 0.15) is 5.78 Å². The third kappa shape index (κ3) is 1.57. The highest BCUT2D eigenvalue weighted by Crippen LogP contribution is 2.65. The second-order valence-corrected chi connectivity index (χ2v) is 7.61. The Labute approximate surface area is 121 Å². The van der Waals surface area contributed by atoms with Crippen LogP contribution in [0, 0.1) is 23.7 Å². The first-order valence-electron chi connectivity index (χ1n) is 8.28. The zero-order valence-electron chi connectivity index (χ0n) is 12.7. The van der Waals surface area contributed by atoms with E-state index < -0.39 is 0 Å². The summed E-state index contributed by atoms with van der Waals surface area (Å²) in [4.78, 5) is 12.7. The zero-order valence-corrected chi connectivity index (χ0v) is 12.7. The summed E-state index contributed by atoms with van der Waals surface area (Å²) in [5, 5.41) is 0. The van der Waals surface area contributed by atoms with Crippen molar-refractivity contribution in [3.05, 3.63) is 0 Å². The molecule has 0 saturated heterocycles. The Balaban J connectivity index is 1.82. The fourth-order valence-corrected chi connectivity index (χ4v) is 5.98. The van der Waals surface area contributed by atoms with Gasteiger partial charge < -0.3 is 9.47 Å². The normalized spacial score (nSPS) is 53.8. The molecule has 0 aromatic carbocycles. The molecule has 0 aliphatic heterocycles. The lowest BCUT2D eigenvalue weighted by Crippen LogP contribution is -2.56. The summed E-state index contributed by atoms with van der Waals surface area (Å²) >= 11 is 0. The molecule has 0 aromatic heterocycles. The van der Waals surface area contributed by atoms with Crippen LogP contribution in [0.1, 0.15) is 51.4 Å². The minimum atomic E-state index is -0.239. The van der Waals surface area contributed by atoms with Gasteiger partial charge in [-0.3, -0.25) is 4.79 Å². The number of ether oxygens (including phenoxy) is 2. The molecule has 112 valence electrons. The summed E-state index contributed by atoms with van der Waals surface area (Å²) in [5.41, 5.74) is -0.312. The Morgan fingerprint density at radius 2 is 2.00 bits per heavy atom. The Hall–Kier alpha value is -0.410. The second kappa shape index (κ2) is 4.30. The van der Waals surface area contributed by atoms with Crippen molar-refractivity contribution in [2.75, 3.05) is 14.2 Å². The van der Waals surface area contributed by atoms with Crippen molar-refractivity contribution < 1.29 is 14.3 Å². The van der Waals surface area contributed by atoms with E-state index in [0.29, 0.717) is 24.0 Å². The molecule has 4 fully saturated rings. The first kappa shape index (κ1) is 13.3. The Morgan fingerprint density at radius 1 is 1.15 bits per heavy atom. The minimum absolute atomic E-state index is 0.0732. The molecule has 0 heterocycles. The maximum absolute atomic E-state index is 12.7. The maximum atomic E-state index is 12.7. The maximum Gasteiger partial charge on any atom is 0.138 e. The van der Waals surface area contributed by atoms with E-state index in [0.717, 1.165) is 25.2 Å². The Kier molecular flexibility index (Phi) is 2.85. The highest BCUT2D eigenvalue weighted by molar-refractivity contribution is 5.83. The quantitative estimate of drug-likeness (QED) is 0.779. The number of rotatable bonds is 2. The molecular formula is C17H26O3. The van der Waals surface area contributed by atoms with Crippen molar-refractivity contribution in [1.29, 1.82) is 0 Å². The van der Waals surface area contributed by atoms with E-state index in [1.807, 2.05) is 14.2 Å². The highest BCUT2D eigenvalue weighted by atomic mass is 16.5. The molecule has 4 aliphatic carbocycles. The highest BCUT2D eigenvalue weighted by Gasteiger charge is 2.67. The number of fused-ring (bicyclic) bond motifs is 6. The number of carbonyl (C=O) groups excluding carboxylic acids is 1. The largest absolute Gasteiger partial charge is 0.378 e. The molecular weight excluding hydrogens is 252 g/mol. The molecule has 0 N–H and O–H groups in total. The van der Waals surface area contributed by atoms with Gasteiger partial charge in [0.15, 0.2) is 0 Å². The number of hydrogen-bond acceptors (Lipinski definition) is 3. The van der Waals surface area contributed by atoms with Gasteiger partial charge in [-0.25, -0.2) is 0 Å². The van der Waals surface area contributed by atoms with Gasteiger partial charge in [0, 0.05) is 32.5 Å². The molecule has 2 bridgehead atoms. The third-order valence-corrected chi connectivity index (χ3v) is 6.99. The third-order valence-electron chi connectivity index (χ3n) is 6.99. The number of hydrogen-bond donors (Lipinski definition) is 0. The molecule has 0 amide bonds. The summed E-state index contributed by atoms with van der Waals surface area (Å²) < 4.78 is 12.2. The standard InChI is InChI=1S/C17H26O3/c1-19-16-6-4-3-5-15(16)17(20-2)9-12(14(18)10-16)7-11-8-13(11)17/h11-13,15H,3-10H2,1-2H3/t11-,12+,13+,15-,16+,17-/m0/s1. The van der Waals surface area contributed by atoms with Gasteiger partial charge >= 0.3 is 0 Å². The molecule has 4 aliphatic rings. The molecule has 20 heavy (non-hydrogen) atoms. The van der Waals surface area contributed by atoms with Crippen molar-refractivity contribution >= 4 is 5.78 Å². The topological polar surface area (TPSA) is 35.5 Å². The van der Waals surface area contributed by atoms with E-state index >= 15 is 0 Å². The molecule has 4 rings (SSSR count). The average Bonchev–Trinajstić information content (AvgIpc) is 3.26. The monoisotopic (exact) mass is 278 g/mol. The lowest BCUT2D eigenvalue weighted by Gasteiger charge is -2.52. The smallest absolute Gasteiger partial charge is 0.138 e. The van der Waals surface area contributed by atoms with Crippen LogP contribution in [0.15, 0.2) is 0 Å². The van der Waals surface area contributed by atoms with Crippen LogP contribution in [-0.2, 0) is 14.3 Å².